The maximum Gasteiger partial charge on any atom is 0.330 e. The molecular formula is C33H28N4O2. The predicted molar refractivity (Wildman–Crippen MR) is 159 cm³/mol. The third-order valence-electron chi connectivity index (χ3n) is 6.19. The van der Waals surface area contributed by atoms with Gasteiger partial charge in [-0.1, -0.05) is 78.9 Å². The fourth-order valence-electron chi connectivity index (χ4n) is 4.26. The summed E-state index contributed by atoms with van der Waals surface area (Å²) < 4.78 is 0. The Labute approximate surface area is 228 Å². The molecule has 192 valence electrons. The van der Waals surface area contributed by atoms with Crippen molar-refractivity contribution in [3.63, 3.8) is 0 Å². The number of carbonyl (C=O) groups is 2. The van der Waals surface area contributed by atoms with Gasteiger partial charge in [-0.05, 0) is 73.2 Å². The summed E-state index contributed by atoms with van der Waals surface area (Å²) in [5.41, 5.74) is 4.98. The number of para-hydroxylation sites is 4. The molecule has 0 aliphatic heterocycles. The second kappa shape index (κ2) is 11.8. The molecule has 0 aliphatic carbocycles. The van der Waals surface area contributed by atoms with Crippen molar-refractivity contribution in [2.75, 3.05) is 20.4 Å². The zero-order valence-electron chi connectivity index (χ0n) is 21.5. The van der Waals surface area contributed by atoms with E-state index in [0.717, 1.165) is 28.3 Å². The number of amides is 4. The van der Waals surface area contributed by atoms with Crippen molar-refractivity contribution in [2.24, 2.45) is 0 Å². The second-order valence-electron chi connectivity index (χ2n) is 8.90. The van der Waals surface area contributed by atoms with Crippen LogP contribution in [-0.2, 0) is 0 Å². The average molecular weight is 513 g/mol. The van der Waals surface area contributed by atoms with Crippen LogP contribution < -0.4 is 20.4 Å². The highest BCUT2D eigenvalue weighted by Crippen LogP contribution is 2.29. The molecule has 5 aromatic carbocycles. The van der Waals surface area contributed by atoms with Crippen LogP contribution in [0.3, 0.4) is 0 Å². The number of nitrogens with one attached hydrogen (secondary N) is 2. The molecule has 2 N–H and O–H groups in total. The maximum atomic E-state index is 13.6. The fraction of sp³-hybridized carbons (Fsp3) is 0.0303. The summed E-state index contributed by atoms with van der Waals surface area (Å²) in [6.07, 6.45) is 0. The molecule has 5 aromatic rings. The van der Waals surface area contributed by atoms with Gasteiger partial charge in [-0.15, -0.1) is 0 Å². The van der Waals surface area contributed by atoms with E-state index >= 15 is 0 Å². The lowest BCUT2D eigenvalue weighted by Gasteiger charge is -2.25. The molecule has 6 heteroatoms. The van der Waals surface area contributed by atoms with E-state index in [1.807, 2.05) is 140 Å². The van der Waals surface area contributed by atoms with Gasteiger partial charge in [-0.2, -0.15) is 0 Å². The summed E-state index contributed by atoms with van der Waals surface area (Å²) in [5, 5.41) is 6.03. The molecule has 0 saturated heterocycles. The highest BCUT2D eigenvalue weighted by atomic mass is 16.2. The van der Waals surface area contributed by atoms with Gasteiger partial charge in [0.05, 0.1) is 22.7 Å². The minimum Gasteiger partial charge on any atom is -0.307 e. The topological polar surface area (TPSA) is 64.7 Å². The monoisotopic (exact) mass is 512 g/mol. The van der Waals surface area contributed by atoms with Crippen LogP contribution in [0.5, 0.6) is 0 Å². The number of carbonyl (C=O) groups excluding carboxylic acids is 2. The summed E-state index contributed by atoms with van der Waals surface area (Å²) in [7, 11) is 0. The molecule has 0 heterocycles. The Morgan fingerprint density at radius 1 is 0.487 bits per heavy atom. The first-order valence-corrected chi connectivity index (χ1v) is 12.6. The van der Waals surface area contributed by atoms with Crippen molar-refractivity contribution < 1.29 is 9.59 Å². The SMILES string of the molecule is Cc1ccc(NC(=O)N(c2ccccc2)c2ccccc2)cc1NC(=O)N(c1ccccc1)c1ccccc1. The fourth-order valence-corrected chi connectivity index (χ4v) is 4.26. The molecule has 39 heavy (non-hydrogen) atoms. The first kappa shape index (κ1) is 25.3. The number of hydrogen-bond acceptors (Lipinski definition) is 2. The van der Waals surface area contributed by atoms with Crippen LogP contribution in [0.25, 0.3) is 0 Å². The van der Waals surface area contributed by atoms with Gasteiger partial charge < -0.3 is 10.6 Å². The molecule has 0 aromatic heterocycles. The Kier molecular flexibility index (Phi) is 7.65. The van der Waals surface area contributed by atoms with E-state index in [9.17, 15) is 9.59 Å². The molecule has 0 radical (unpaired) electrons. The van der Waals surface area contributed by atoms with Gasteiger partial charge in [0, 0.05) is 11.4 Å². The highest BCUT2D eigenvalue weighted by Gasteiger charge is 2.21. The van der Waals surface area contributed by atoms with Gasteiger partial charge in [-0.25, -0.2) is 9.59 Å². The lowest BCUT2D eigenvalue weighted by Crippen LogP contribution is -2.31. The summed E-state index contributed by atoms with van der Waals surface area (Å²) in [6, 6.07) is 42.7. The van der Waals surface area contributed by atoms with Gasteiger partial charge in [-0.3, -0.25) is 9.80 Å². The Hall–Kier alpha value is -5.36. The van der Waals surface area contributed by atoms with E-state index in [2.05, 4.69) is 10.6 Å². The Balaban J connectivity index is 1.41. The number of nitrogens with zero attached hydrogens (tertiary/aromatic N) is 2. The second-order valence-corrected chi connectivity index (χ2v) is 8.90. The van der Waals surface area contributed by atoms with Gasteiger partial charge in [0.25, 0.3) is 0 Å². The first-order valence-electron chi connectivity index (χ1n) is 12.6. The smallest absolute Gasteiger partial charge is 0.307 e. The van der Waals surface area contributed by atoms with E-state index < -0.39 is 0 Å². The standard InChI is InChI=1S/C33H28N4O2/c1-25-22-23-26(34-32(38)36(27-14-6-2-7-15-27)28-16-8-3-9-17-28)24-31(25)35-33(39)37(29-18-10-4-11-19-29)30-20-12-5-13-21-30/h2-24H,1H3,(H,34,38)(H,35,39). The summed E-state index contributed by atoms with van der Waals surface area (Å²) in [5.74, 6) is 0. The van der Waals surface area contributed by atoms with Crippen molar-refractivity contribution in [1.82, 2.24) is 0 Å². The maximum absolute atomic E-state index is 13.6. The van der Waals surface area contributed by atoms with Gasteiger partial charge in [0.1, 0.15) is 0 Å². The van der Waals surface area contributed by atoms with Crippen molar-refractivity contribution in [2.45, 2.75) is 6.92 Å². The number of hydrogen-bond donors (Lipinski definition) is 2. The molecule has 0 spiro atoms. The normalized spacial score (nSPS) is 10.4. The molecular weight excluding hydrogens is 484 g/mol. The predicted octanol–water partition coefficient (Wildman–Crippen LogP) is 8.74. The van der Waals surface area contributed by atoms with Crippen LogP contribution in [0.1, 0.15) is 5.56 Å². The molecule has 0 atom stereocenters. The Morgan fingerprint density at radius 3 is 1.23 bits per heavy atom. The molecule has 4 amide bonds. The third-order valence-corrected chi connectivity index (χ3v) is 6.19. The van der Waals surface area contributed by atoms with E-state index in [1.54, 1.807) is 15.9 Å². The third kappa shape index (κ3) is 5.97. The zero-order chi connectivity index (χ0) is 27.0. The average Bonchev–Trinajstić information content (AvgIpc) is 2.97. The van der Waals surface area contributed by atoms with Crippen molar-refractivity contribution in [3.05, 3.63) is 145 Å². The number of aryl methyl sites for hydroxylation is 1. The summed E-state index contributed by atoms with van der Waals surface area (Å²) in [4.78, 5) is 30.4. The number of anilines is 6. The highest BCUT2D eigenvalue weighted by molar-refractivity contribution is 6.09. The van der Waals surface area contributed by atoms with E-state index in [4.69, 9.17) is 0 Å². The minimum absolute atomic E-state index is 0.311. The van der Waals surface area contributed by atoms with Crippen LogP contribution in [0.4, 0.5) is 43.7 Å². The minimum atomic E-state index is -0.316. The van der Waals surface area contributed by atoms with Gasteiger partial charge >= 0.3 is 12.1 Å². The molecule has 0 bridgehead atoms. The van der Waals surface area contributed by atoms with Crippen molar-refractivity contribution in [1.29, 1.82) is 0 Å². The van der Waals surface area contributed by atoms with E-state index in [-0.39, 0.29) is 12.1 Å². The largest absolute Gasteiger partial charge is 0.330 e. The lowest BCUT2D eigenvalue weighted by atomic mass is 10.1. The van der Waals surface area contributed by atoms with Crippen LogP contribution in [0.15, 0.2) is 140 Å². The van der Waals surface area contributed by atoms with Crippen LogP contribution in [-0.4, -0.2) is 12.1 Å². The summed E-state index contributed by atoms with van der Waals surface area (Å²) >= 11 is 0. The first-order chi connectivity index (χ1) is 19.1. The van der Waals surface area contributed by atoms with E-state index in [1.165, 1.54) is 0 Å². The molecule has 5 rings (SSSR count). The van der Waals surface area contributed by atoms with Crippen molar-refractivity contribution in [3.8, 4) is 0 Å². The molecule has 0 aliphatic rings. The molecule has 6 nitrogen and oxygen atoms in total. The quantitative estimate of drug-likeness (QED) is 0.239. The van der Waals surface area contributed by atoms with Crippen LogP contribution >= 0.6 is 0 Å². The van der Waals surface area contributed by atoms with Crippen LogP contribution in [0.2, 0.25) is 0 Å². The number of benzene rings is 5. The Bertz CT molecular complexity index is 1460. The summed E-state index contributed by atoms with van der Waals surface area (Å²) in [6.45, 7) is 1.91. The van der Waals surface area contributed by atoms with Crippen molar-refractivity contribution >= 4 is 46.2 Å². The Morgan fingerprint density at radius 2 is 0.846 bits per heavy atom. The van der Waals surface area contributed by atoms with E-state index in [0.29, 0.717) is 11.4 Å². The lowest BCUT2D eigenvalue weighted by molar-refractivity contribution is 0.258. The van der Waals surface area contributed by atoms with Gasteiger partial charge in [0.15, 0.2) is 0 Å². The van der Waals surface area contributed by atoms with Gasteiger partial charge in [0.2, 0.25) is 0 Å². The molecule has 0 saturated carbocycles. The molecule has 0 unspecified atom stereocenters. The number of rotatable bonds is 6. The molecule has 0 fully saturated rings. The zero-order valence-corrected chi connectivity index (χ0v) is 21.5. The van der Waals surface area contributed by atoms with Crippen LogP contribution in [0, 0.1) is 6.92 Å². The number of urea groups is 2.